The van der Waals surface area contributed by atoms with Gasteiger partial charge in [0, 0.05) is 10.6 Å². The number of hydrogen-bond donors (Lipinski definition) is 0. The quantitative estimate of drug-likeness (QED) is 0.754. The van der Waals surface area contributed by atoms with Gasteiger partial charge < -0.3 is 0 Å². The minimum absolute atomic E-state index is 0.0791. The number of thioether (sulfide) groups is 1. The molecule has 1 aliphatic rings. The zero-order chi connectivity index (χ0) is 16.4. The van der Waals surface area contributed by atoms with E-state index in [1.807, 2.05) is 0 Å². The van der Waals surface area contributed by atoms with E-state index in [4.69, 9.17) is 11.6 Å². The monoisotopic (exact) mass is 347 g/mol. The minimum Gasteiger partial charge on any atom is -0.268 e. The summed E-state index contributed by atoms with van der Waals surface area (Å²) in [6.07, 6.45) is 1.61. The predicted octanol–water partition coefficient (Wildman–Crippen LogP) is 4.72. The molecule has 2 aromatic carbocycles. The van der Waals surface area contributed by atoms with Crippen molar-refractivity contribution in [2.24, 2.45) is 0 Å². The van der Waals surface area contributed by atoms with Crippen LogP contribution >= 0.6 is 23.4 Å². The minimum atomic E-state index is -0.439. The van der Waals surface area contributed by atoms with Gasteiger partial charge in [-0.3, -0.25) is 14.5 Å². The van der Waals surface area contributed by atoms with Crippen LogP contribution in [0.25, 0.3) is 6.08 Å². The van der Waals surface area contributed by atoms with Gasteiger partial charge in [0.15, 0.2) is 0 Å². The van der Waals surface area contributed by atoms with E-state index in [2.05, 4.69) is 0 Å². The molecule has 1 heterocycles. The maximum atomic E-state index is 13.7. The second-order valence-corrected chi connectivity index (χ2v) is 6.34. The molecule has 0 bridgehead atoms. The van der Waals surface area contributed by atoms with E-state index in [0.29, 0.717) is 15.5 Å². The van der Waals surface area contributed by atoms with Crippen LogP contribution in [0.3, 0.4) is 0 Å². The van der Waals surface area contributed by atoms with E-state index in [-0.39, 0.29) is 6.54 Å². The fraction of sp³-hybridized carbons (Fsp3) is 0.0588. The van der Waals surface area contributed by atoms with Crippen molar-refractivity contribution in [2.75, 3.05) is 0 Å². The van der Waals surface area contributed by atoms with Crippen molar-refractivity contribution in [3.63, 3.8) is 0 Å². The van der Waals surface area contributed by atoms with Crippen LogP contribution in [0.2, 0.25) is 5.02 Å². The molecule has 0 aromatic heterocycles. The van der Waals surface area contributed by atoms with Gasteiger partial charge in [-0.1, -0.05) is 41.9 Å². The lowest BCUT2D eigenvalue weighted by Crippen LogP contribution is -2.27. The molecule has 2 aromatic rings. The molecule has 3 nitrogen and oxygen atoms in total. The molecule has 0 N–H and O–H groups in total. The maximum absolute atomic E-state index is 13.7. The molecule has 2 amide bonds. The second kappa shape index (κ2) is 6.56. The first-order valence-corrected chi connectivity index (χ1v) is 7.98. The van der Waals surface area contributed by atoms with Gasteiger partial charge in [0.05, 0.1) is 11.4 Å². The predicted molar refractivity (Wildman–Crippen MR) is 89.4 cm³/mol. The topological polar surface area (TPSA) is 37.4 Å². The molecule has 6 heteroatoms. The largest absolute Gasteiger partial charge is 0.293 e. The molecule has 0 unspecified atom stereocenters. The molecule has 0 saturated carbocycles. The van der Waals surface area contributed by atoms with Gasteiger partial charge in [-0.05, 0) is 41.6 Å². The van der Waals surface area contributed by atoms with Gasteiger partial charge in [-0.2, -0.15) is 0 Å². The third kappa shape index (κ3) is 3.46. The molecule has 0 spiro atoms. The molecular formula is C17H11ClFNO2S. The van der Waals surface area contributed by atoms with Crippen LogP contribution in [0, 0.1) is 5.82 Å². The highest BCUT2D eigenvalue weighted by molar-refractivity contribution is 8.18. The number of imide groups is 1. The van der Waals surface area contributed by atoms with E-state index in [0.717, 1.165) is 22.2 Å². The third-order valence-corrected chi connectivity index (χ3v) is 4.45. The second-order valence-electron chi connectivity index (χ2n) is 4.91. The Morgan fingerprint density at radius 2 is 1.91 bits per heavy atom. The summed E-state index contributed by atoms with van der Waals surface area (Å²) in [6, 6.07) is 13.1. The normalized spacial score (nSPS) is 16.4. The zero-order valence-corrected chi connectivity index (χ0v) is 13.4. The Kier molecular flexibility index (Phi) is 4.50. The molecule has 1 saturated heterocycles. The summed E-state index contributed by atoms with van der Waals surface area (Å²) in [4.78, 5) is 25.8. The molecule has 1 fully saturated rings. The molecule has 23 heavy (non-hydrogen) atoms. The molecule has 3 rings (SSSR count). The van der Waals surface area contributed by atoms with Crippen molar-refractivity contribution >= 4 is 40.6 Å². The Hall–Kier alpha value is -2.11. The van der Waals surface area contributed by atoms with E-state index >= 15 is 0 Å². The number of rotatable bonds is 3. The number of nitrogens with zero attached hydrogens (tertiary/aromatic N) is 1. The standard InChI is InChI=1S/C17H11ClFNO2S/c18-13-6-3-4-11(8-13)9-15-16(21)20(17(22)23-15)10-12-5-1-2-7-14(12)19/h1-9H,10H2/b15-9+. The summed E-state index contributed by atoms with van der Waals surface area (Å²) in [5, 5.41) is 0.135. The fourth-order valence-corrected chi connectivity index (χ4v) is 3.22. The molecule has 116 valence electrons. The number of halogens is 2. The number of amides is 2. The van der Waals surface area contributed by atoms with Crippen LogP contribution in [0.4, 0.5) is 9.18 Å². The number of carbonyl (C=O) groups excluding carboxylic acids is 2. The summed E-state index contributed by atoms with van der Waals surface area (Å²) in [7, 11) is 0. The molecular weight excluding hydrogens is 337 g/mol. The van der Waals surface area contributed by atoms with E-state index < -0.39 is 17.0 Å². The lowest BCUT2D eigenvalue weighted by atomic mass is 10.2. The van der Waals surface area contributed by atoms with Crippen LogP contribution in [0.15, 0.2) is 53.4 Å². The lowest BCUT2D eigenvalue weighted by Gasteiger charge is -2.12. The zero-order valence-electron chi connectivity index (χ0n) is 11.8. The van der Waals surface area contributed by atoms with E-state index in [1.165, 1.54) is 6.07 Å². The summed E-state index contributed by atoms with van der Waals surface area (Å²) < 4.78 is 13.7. The van der Waals surface area contributed by atoms with Gasteiger partial charge in [-0.25, -0.2) is 4.39 Å². The Morgan fingerprint density at radius 3 is 2.65 bits per heavy atom. The van der Waals surface area contributed by atoms with Crippen LogP contribution < -0.4 is 0 Å². The summed E-state index contributed by atoms with van der Waals surface area (Å²) in [5.41, 5.74) is 1.03. The molecule has 0 atom stereocenters. The van der Waals surface area contributed by atoms with Crippen molar-refractivity contribution in [1.82, 2.24) is 4.90 Å². The molecule has 1 aliphatic heterocycles. The van der Waals surface area contributed by atoms with Gasteiger partial charge in [-0.15, -0.1) is 0 Å². The van der Waals surface area contributed by atoms with Crippen molar-refractivity contribution in [1.29, 1.82) is 0 Å². The Morgan fingerprint density at radius 1 is 1.13 bits per heavy atom. The van der Waals surface area contributed by atoms with Crippen molar-refractivity contribution < 1.29 is 14.0 Å². The average Bonchev–Trinajstić information content (AvgIpc) is 2.77. The summed E-state index contributed by atoms with van der Waals surface area (Å²) in [5.74, 6) is -0.867. The molecule has 0 aliphatic carbocycles. The smallest absolute Gasteiger partial charge is 0.268 e. The highest BCUT2D eigenvalue weighted by atomic mass is 35.5. The van der Waals surface area contributed by atoms with Crippen LogP contribution in [-0.2, 0) is 11.3 Å². The highest BCUT2D eigenvalue weighted by Gasteiger charge is 2.35. The maximum Gasteiger partial charge on any atom is 0.293 e. The van der Waals surface area contributed by atoms with Crippen molar-refractivity contribution in [3.8, 4) is 0 Å². The fourth-order valence-electron chi connectivity index (χ4n) is 2.18. The van der Waals surface area contributed by atoms with E-state index in [1.54, 1.807) is 48.5 Å². The lowest BCUT2D eigenvalue weighted by molar-refractivity contribution is -0.123. The van der Waals surface area contributed by atoms with E-state index in [9.17, 15) is 14.0 Å². The Bertz CT molecular complexity index is 822. The Labute approximate surface area is 141 Å². The van der Waals surface area contributed by atoms with Crippen LogP contribution in [0.5, 0.6) is 0 Å². The first-order valence-electron chi connectivity index (χ1n) is 6.79. The SMILES string of the molecule is O=C1S/C(=C/c2cccc(Cl)c2)C(=O)N1Cc1ccccc1F. The van der Waals surface area contributed by atoms with Gasteiger partial charge in [0.2, 0.25) is 0 Å². The summed E-state index contributed by atoms with van der Waals surface area (Å²) in [6.45, 7) is -0.0791. The van der Waals surface area contributed by atoms with Gasteiger partial charge in [0.25, 0.3) is 11.1 Å². The van der Waals surface area contributed by atoms with Gasteiger partial charge in [0.1, 0.15) is 5.82 Å². The number of hydrogen-bond acceptors (Lipinski definition) is 3. The van der Waals surface area contributed by atoms with Gasteiger partial charge >= 0.3 is 0 Å². The highest BCUT2D eigenvalue weighted by Crippen LogP contribution is 2.33. The summed E-state index contributed by atoms with van der Waals surface area (Å²) >= 11 is 6.75. The first-order chi connectivity index (χ1) is 11.0. The average molecular weight is 348 g/mol. The van der Waals surface area contributed by atoms with Crippen molar-refractivity contribution in [3.05, 3.63) is 75.4 Å². The van der Waals surface area contributed by atoms with Crippen molar-refractivity contribution in [2.45, 2.75) is 6.54 Å². The molecule has 0 radical (unpaired) electrons. The third-order valence-electron chi connectivity index (χ3n) is 3.31. The number of carbonyl (C=O) groups is 2. The Balaban J connectivity index is 1.84. The van der Waals surface area contributed by atoms with Crippen LogP contribution in [0.1, 0.15) is 11.1 Å². The van der Waals surface area contributed by atoms with Crippen LogP contribution in [-0.4, -0.2) is 16.0 Å². The number of benzene rings is 2. The first kappa shape index (κ1) is 15.8.